The molecule has 2 aliphatic rings. The first-order valence-corrected chi connectivity index (χ1v) is 16.6. The second-order valence-electron chi connectivity index (χ2n) is 11.2. The van der Waals surface area contributed by atoms with Gasteiger partial charge in [0.15, 0.2) is 0 Å². The molecule has 1 aromatic heterocycles. The van der Waals surface area contributed by atoms with Crippen molar-refractivity contribution in [2.24, 2.45) is 0 Å². The van der Waals surface area contributed by atoms with Gasteiger partial charge in [0, 0.05) is 27.7 Å². The molecule has 1 unspecified atom stereocenters. The Morgan fingerprint density at radius 1 is 0.894 bits per heavy atom. The maximum Gasteiger partial charge on any atom is 0.206 e. The first kappa shape index (κ1) is 29.6. The molecule has 4 aromatic carbocycles. The number of anilines is 2. The summed E-state index contributed by atoms with van der Waals surface area (Å²) in [6.45, 7) is 5.96. The lowest BCUT2D eigenvalue weighted by Gasteiger charge is -2.36. The fourth-order valence-electron chi connectivity index (χ4n) is 6.55. The van der Waals surface area contributed by atoms with Gasteiger partial charge < -0.3 is 9.47 Å². The predicted molar refractivity (Wildman–Crippen MR) is 189 cm³/mol. The summed E-state index contributed by atoms with van der Waals surface area (Å²) in [6.07, 6.45) is 18.5. The van der Waals surface area contributed by atoms with Crippen LogP contribution in [-0.4, -0.2) is 19.0 Å². The Labute approximate surface area is 273 Å². The van der Waals surface area contributed by atoms with Crippen LogP contribution in [0.25, 0.3) is 33.1 Å². The van der Waals surface area contributed by atoms with E-state index in [1.165, 1.54) is 18.2 Å². The van der Waals surface area contributed by atoms with Crippen molar-refractivity contribution in [1.82, 2.24) is 4.57 Å². The van der Waals surface area contributed by atoms with Crippen molar-refractivity contribution >= 4 is 54.3 Å². The Bertz CT molecular complexity index is 2450. The molecule has 0 N–H and O–H groups in total. The Balaban J connectivity index is 1.41. The van der Waals surface area contributed by atoms with Crippen LogP contribution in [0.2, 0.25) is 0 Å². The van der Waals surface area contributed by atoms with E-state index >= 15 is 0 Å². The van der Waals surface area contributed by atoms with E-state index in [0.717, 1.165) is 50.0 Å². The van der Waals surface area contributed by atoms with E-state index in [4.69, 9.17) is 0 Å². The van der Waals surface area contributed by atoms with Gasteiger partial charge in [-0.15, -0.1) is 0 Å². The van der Waals surface area contributed by atoms with Crippen LogP contribution in [-0.2, 0) is 9.84 Å². The van der Waals surface area contributed by atoms with Gasteiger partial charge in [-0.3, -0.25) is 0 Å². The Morgan fingerprint density at radius 3 is 2.34 bits per heavy atom. The van der Waals surface area contributed by atoms with Crippen molar-refractivity contribution < 1.29 is 8.42 Å². The molecule has 0 fully saturated rings. The number of nitriles is 2. The van der Waals surface area contributed by atoms with Gasteiger partial charge >= 0.3 is 0 Å². The van der Waals surface area contributed by atoms with Crippen LogP contribution in [0.3, 0.4) is 0 Å². The Morgan fingerprint density at radius 2 is 1.64 bits per heavy atom. The summed E-state index contributed by atoms with van der Waals surface area (Å²) in [6, 6.07) is 27.2. The number of hydrogen-bond acceptors (Lipinski definition) is 5. The summed E-state index contributed by atoms with van der Waals surface area (Å²) in [5.74, 6) is 0. The molecule has 0 radical (unpaired) electrons. The highest BCUT2D eigenvalue weighted by atomic mass is 32.2. The molecular formula is C40H28N4O2S. The van der Waals surface area contributed by atoms with Crippen molar-refractivity contribution in [1.29, 1.82) is 10.5 Å². The summed E-state index contributed by atoms with van der Waals surface area (Å²) in [5.41, 5.74) is 7.44. The monoisotopic (exact) mass is 628 g/mol. The van der Waals surface area contributed by atoms with E-state index in [0.29, 0.717) is 0 Å². The third-order valence-electron chi connectivity index (χ3n) is 8.49. The lowest BCUT2D eigenvalue weighted by atomic mass is 9.91. The zero-order valence-corrected chi connectivity index (χ0v) is 26.3. The Kier molecular flexibility index (Phi) is 7.33. The fourth-order valence-corrected chi connectivity index (χ4v) is 7.88. The average Bonchev–Trinajstić information content (AvgIpc) is 3.29. The maximum absolute atomic E-state index is 13.6. The molecule has 1 aliphatic carbocycles. The van der Waals surface area contributed by atoms with E-state index in [-0.39, 0.29) is 27.0 Å². The lowest BCUT2D eigenvalue weighted by molar-refractivity contribution is 0.596. The zero-order chi connectivity index (χ0) is 32.7. The molecule has 7 rings (SSSR count). The van der Waals surface area contributed by atoms with Gasteiger partial charge in [0.25, 0.3) is 0 Å². The van der Waals surface area contributed by atoms with Crippen LogP contribution in [0, 0.1) is 22.7 Å². The van der Waals surface area contributed by atoms with E-state index in [1.54, 1.807) is 18.2 Å². The van der Waals surface area contributed by atoms with Gasteiger partial charge in [0.05, 0.1) is 55.8 Å². The van der Waals surface area contributed by atoms with Crippen molar-refractivity contribution in [2.75, 3.05) is 4.90 Å². The summed E-state index contributed by atoms with van der Waals surface area (Å²) >= 11 is 0. The summed E-state index contributed by atoms with van der Waals surface area (Å²) in [7, 11) is -3.98. The quantitative estimate of drug-likeness (QED) is 0.175. The van der Waals surface area contributed by atoms with Gasteiger partial charge in [-0.05, 0) is 91.4 Å². The SMILES string of the molecule is C=C/C=C(\C=C/C)n1c2ccccc2c2c3c(ccc21)N(c1ccc(S(=O)(=O)c2cc(C#N)cc(C#N)c2)cc1)C1C=CC=CC3=C1. The minimum Gasteiger partial charge on any atom is -0.330 e. The highest BCUT2D eigenvalue weighted by Gasteiger charge is 2.30. The van der Waals surface area contributed by atoms with Crippen molar-refractivity contribution in [3.63, 3.8) is 0 Å². The maximum atomic E-state index is 13.6. The van der Waals surface area contributed by atoms with E-state index in [9.17, 15) is 18.9 Å². The van der Waals surface area contributed by atoms with Crippen LogP contribution >= 0.6 is 0 Å². The van der Waals surface area contributed by atoms with Gasteiger partial charge in [-0.2, -0.15) is 10.5 Å². The molecule has 226 valence electrons. The van der Waals surface area contributed by atoms with Crippen LogP contribution in [0.4, 0.5) is 11.4 Å². The minimum atomic E-state index is -3.98. The minimum absolute atomic E-state index is 0.0794. The normalized spacial score (nSPS) is 15.7. The summed E-state index contributed by atoms with van der Waals surface area (Å²) < 4.78 is 29.5. The van der Waals surface area contributed by atoms with Crippen LogP contribution in [0.15, 0.2) is 150 Å². The van der Waals surface area contributed by atoms with Crippen molar-refractivity contribution in [3.8, 4) is 12.1 Å². The number of nitrogens with zero attached hydrogens (tertiary/aromatic N) is 4. The second kappa shape index (κ2) is 11.7. The topological polar surface area (TPSA) is 89.9 Å². The molecule has 1 aliphatic heterocycles. The van der Waals surface area contributed by atoms with Gasteiger partial charge in [0.2, 0.25) is 9.84 Å². The molecule has 2 heterocycles. The number of aromatic nitrogens is 1. The van der Waals surface area contributed by atoms with E-state index in [2.05, 4.69) is 82.8 Å². The molecule has 0 saturated carbocycles. The van der Waals surface area contributed by atoms with Crippen molar-refractivity contribution in [2.45, 2.75) is 22.8 Å². The number of hydrogen-bond donors (Lipinski definition) is 0. The molecule has 1 atom stereocenters. The van der Waals surface area contributed by atoms with Crippen LogP contribution in [0.5, 0.6) is 0 Å². The molecule has 0 amide bonds. The van der Waals surface area contributed by atoms with Gasteiger partial charge in [0.1, 0.15) is 0 Å². The largest absolute Gasteiger partial charge is 0.330 e. The number of benzene rings is 4. The van der Waals surface area contributed by atoms with Crippen LogP contribution in [0.1, 0.15) is 23.6 Å². The first-order valence-electron chi connectivity index (χ1n) is 15.1. The predicted octanol–water partition coefficient (Wildman–Crippen LogP) is 9.00. The van der Waals surface area contributed by atoms with Crippen LogP contribution < -0.4 is 4.90 Å². The number of fused-ring (bicyclic) bond motifs is 7. The number of rotatable bonds is 6. The highest BCUT2D eigenvalue weighted by molar-refractivity contribution is 7.91. The summed E-state index contributed by atoms with van der Waals surface area (Å²) in [5, 5.41) is 21.0. The van der Waals surface area contributed by atoms with Gasteiger partial charge in [-0.1, -0.05) is 61.2 Å². The molecule has 0 saturated heterocycles. The second-order valence-corrected chi connectivity index (χ2v) is 13.2. The first-order chi connectivity index (χ1) is 22.9. The van der Waals surface area contributed by atoms with E-state index < -0.39 is 9.84 Å². The molecule has 7 heteroatoms. The third kappa shape index (κ3) is 4.82. The number of para-hydroxylation sites is 1. The molecule has 5 aromatic rings. The van der Waals surface area contributed by atoms with E-state index in [1.807, 2.05) is 49.4 Å². The fraction of sp³-hybridized carbons (Fsp3) is 0.0500. The molecule has 47 heavy (non-hydrogen) atoms. The average molecular weight is 629 g/mol. The highest BCUT2D eigenvalue weighted by Crippen LogP contribution is 2.47. The molecule has 6 nitrogen and oxygen atoms in total. The van der Waals surface area contributed by atoms with Gasteiger partial charge in [-0.25, -0.2) is 8.42 Å². The smallest absolute Gasteiger partial charge is 0.206 e. The number of sulfone groups is 1. The number of allylic oxidation sites excluding steroid dienone is 9. The molecular weight excluding hydrogens is 601 g/mol. The van der Waals surface area contributed by atoms with Crippen molar-refractivity contribution in [3.05, 3.63) is 157 Å². The standard InChI is InChI=1S/C40H28N4O2S/c1-3-9-30(10-4-2)44-36-14-8-7-13-35(36)40-38(44)20-19-37-39(40)29-11-5-6-12-32(24-29)43(37)31-15-17-33(18-16-31)47(45,46)34-22-27(25-41)21-28(23-34)26-42/h3-24,32H,1H2,2H3/b10-4-,30-9+. The zero-order valence-electron chi connectivity index (χ0n) is 25.5. The molecule has 0 spiro atoms. The third-order valence-corrected chi connectivity index (χ3v) is 10.2. The Hall–Kier alpha value is -6.15. The molecule has 2 bridgehead atoms. The summed E-state index contributed by atoms with van der Waals surface area (Å²) in [4.78, 5) is 2.22. The lowest BCUT2D eigenvalue weighted by Crippen LogP contribution is -2.31.